The predicted octanol–water partition coefficient (Wildman–Crippen LogP) is 3.77. The molecule has 0 saturated heterocycles. The van der Waals surface area contributed by atoms with Gasteiger partial charge in [0.1, 0.15) is 11.5 Å². The number of halogens is 1. The van der Waals surface area contributed by atoms with Gasteiger partial charge in [0.15, 0.2) is 0 Å². The van der Waals surface area contributed by atoms with Crippen LogP contribution in [0.3, 0.4) is 0 Å². The third-order valence-corrected chi connectivity index (χ3v) is 3.46. The number of thiophene rings is 1. The largest absolute Gasteiger partial charge is 0.506 e. The summed E-state index contributed by atoms with van der Waals surface area (Å²) in [4.78, 5) is 0. The van der Waals surface area contributed by atoms with Crippen molar-refractivity contribution in [3.8, 4) is 11.5 Å². The van der Waals surface area contributed by atoms with Gasteiger partial charge in [0.25, 0.3) is 0 Å². The lowest BCUT2D eigenvalue weighted by molar-refractivity contribution is 0.338. The van der Waals surface area contributed by atoms with E-state index in [2.05, 4.69) is 15.9 Å². The maximum Gasteiger partial charge on any atom is 0.134 e. The molecule has 0 aliphatic rings. The van der Waals surface area contributed by atoms with Crippen LogP contribution in [0, 0.1) is 0 Å². The van der Waals surface area contributed by atoms with E-state index in [0.717, 1.165) is 20.3 Å². The topological polar surface area (TPSA) is 29.5 Å². The third kappa shape index (κ3) is 1.60. The van der Waals surface area contributed by atoms with Gasteiger partial charge < -0.3 is 9.84 Å². The highest BCUT2D eigenvalue weighted by Crippen LogP contribution is 2.38. The summed E-state index contributed by atoms with van der Waals surface area (Å²) in [5.41, 5.74) is 0. The number of hydrogen-bond acceptors (Lipinski definition) is 3. The van der Waals surface area contributed by atoms with Crippen molar-refractivity contribution < 1.29 is 9.84 Å². The number of fused-ring (bicyclic) bond motifs is 1. The van der Waals surface area contributed by atoms with Crippen LogP contribution in [-0.2, 0) is 0 Å². The van der Waals surface area contributed by atoms with Gasteiger partial charge in [0, 0.05) is 15.5 Å². The molecule has 74 valence electrons. The zero-order valence-corrected chi connectivity index (χ0v) is 9.98. The molecule has 0 radical (unpaired) electrons. The fourth-order valence-corrected chi connectivity index (χ4v) is 2.73. The molecular formula is C10H9BrO2S. The molecule has 2 nitrogen and oxygen atoms in total. The molecule has 0 amide bonds. The fraction of sp³-hybridized carbons (Fsp3) is 0.200. The van der Waals surface area contributed by atoms with Gasteiger partial charge in [-0.2, -0.15) is 0 Å². The molecule has 0 saturated carbocycles. The number of hydrogen-bond donors (Lipinski definition) is 1. The Bertz CT molecular complexity index is 464. The molecule has 0 atom stereocenters. The second-order valence-electron chi connectivity index (χ2n) is 2.83. The normalized spacial score (nSPS) is 10.7. The fourth-order valence-electron chi connectivity index (χ4n) is 1.28. The van der Waals surface area contributed by atoms with Gasteiger partial charge in [0.2, 0.25) is 0 Å². The van der Waals surface area contributed by atoms with Crippen LogP contribution in [-0.4, -0.2) is 11.7 Å². The Morgan fingerprint density at radius 3 is 3.00 bits per heavy atom. The van der Waals surface area contributed by atoms with Gasteiger partial charge in [-0.15, -0.1) is 11.3 Å². The molecule has 4 heteroatoms. The van der Waals surface area contributed by atoms with Crippen molar-refractivity contribution in [3.05, 3.63) is 22.0 Å². The van der Waals surface area contributed by atoms with Crippen molar-refractivity contribution in [2.45, 2.75) is 6.92 Å². The molecule has 1 aromatic carbocycles. The number of ether oxygens (including phenoxy) is 1. The minimum absolute atomic E-state index is 0.318. The van der Waals surface area contributed by atoms with E-state index in [0.29, 0.717) is 12.4 Å². The molecule has 1 N–H and O–H groups in total. The SMILES string of the molecule is CCOc1cc2c(O)csc2cc1Br. The summed E-state index contributed by atoms with van der Waals surface area (Å²) < 4.78 is 7.39. The van der Waals surface area contributed by atoms with Gasteiger partial charge in [0.05, 0.1) is 11.1 Å². The summed E-state index contributed by atoms with van der Waals surface area (Å²) in [7, 11) is 0. The van der Waals surface area contributed by atoms with Crippen molar-refractivity contribution in [3.63, 3.8) is 0 Å². The maximum atomic E-state index is 9.53. The average molecular weight is 273 g/mol. The van der Waals surface area contributed by atoms with E-state index in [9.17, 15) is 5.11 Å². The third-order valence-electron chi connectivity index (χ3n) is 1.91. The summed E-state index contributed by atoms with van der Waals surface area (Å²) in [5, 5.41) is 12.1. The van der Waals surface area contributed by atoms with E-state index >= 15 is 0 Å². The van der Waals surface area contributed by atoms with Crippen LogP contribution >= 0.6 is 27.3 Å². The van der Waals surface area contributed by atoms with E-state index in [1.165, 1.54) is 11.3 Å². The molecule has 0 bridgehead atoms. The molecule has 0 aliphatic carbocycles. The van der Waals surface area contributed by atoms with Gasteiger partial charge in [-0.05, 0) is 35.0 Å². The van der Waals surface area contributed by atoms with Gasteiger partial charge in [-0.1, -0.05) is 0 Å². The highest BCUT2D eigenvalue weighted by molar-refractivity contribution is 9.10. The summed E-state index contributed by atoms with van der Waals surface area (Å²) in [6.45, 7) is 2.55. The number of benzene rings is 1. The molecule has 0 spiro atoms. The van der Waals surface area contributed by atoms with E-state index < -0.39 is 0 Å². The summed E-state index contributed by atoms with van der Waals surface area (Å²) in [5.74, 6) is 1.09. The molecular weight excluding hydrogens is 264 g/mol. The predicted molar refractivity (Wildman–Crippen MR) is 62.4 cm³/mol. The second-order valence-corrected chi connectivity index (χ2v) is 4.60. The molecule has 0 fully saturated rings. The zero-order valence-electron chi connectivity index (χ0n) is 7.58. The molecule has 1 aromatic heterocycles. The van der Waals surface area contributed by atoms with Crippen molar-refractivity contribution in [1.29, 1.82) is 0 Å². The van der Waals surface area contributed by atoms with E-state index in [1.54, 1.807) is 5.38 Å². The summed E-state index contributed by atoms with van der Waals surface area (Å²) in [6.07, 6.45) is 0. The highest BCUT2D eigenvalue weighted by atomic mass is 79.9. The first-order chi connectivity index (χ1) is 6.72. The van der Waals surface area contributed by atoms with Crippen LogP contribution in [0.25, 0.3) is 10.1 Å². The smallest absolute Gasteiger partial charge is 0.134 e. The minimum Gasteiger partial charge on any atom is -0.506 e. The van der Waals surface area contributed by atoms with E-state index in [4.69, 9.17) is 4.74 Å². The lowest BCUT2D eigenvalue weighted by Crippen LogP contribution is -1.91. The van der Waals surface area contributed by atoms with Gasteiger partial charge >= 0.3 is 0 Å². The van der Waals surface area contributed by atoms with Crippen molar-refractivity contribution in [2.75, 3.05) is 6.61 Å². The Labute approximate surface area is 94.3 Å². The highest BCUT2D eigenvalue weighted by Gasteiger charge is 2.08. The Morgan fingerprint density at radius 2 is 2.29 bits per heavy atom. The molecule has 1 heterocycles. The Hall–Kier alpha value is -0.740. The van der Waals surface area contributed by atoms with Crippen LogP contribution in [0.1, 0.15) is 6.92 Å². The first-order valence-electron chi connectivity index (χ1n) is 4.25. The van der Waals surface area contributed by atoms with Crippen LogP contribution in [0.15, 0.2) is 22.0 Å². The quantitative estimate of drug-likeness (QED) is 0.902. The minimum atomic E-state index is 0.318. The second kappa shape index (κ2) is 3.79. The zero-order chi connectivity index (χ0) is 10.1. The number of aromatic hydroxyl groups is 1. The first kappa shape index (κ1) is 9.80. The van der Waals surface area contributed by atoms with Crippen LogP contribution in [0.4, 0.5) is 0 Å². The van der Waals surface area contributed by atoms with Crippen molar-refractivity contribution in [2.24, 2.45) is 0 Å². The molecule has 0 aliphatic heterocycles. The molecule has 0 unspecified atom stereocenters. The van der Waals surface area contributed by atoms with Crippen molar-refractivity contribution in [1.82, 2.24) is 0 Å². The van der Waals surface area contributed by atoms with Gasteiger partial charge in [-0.25, -0.2) is 0 Å². The van der Waals surface area contributed by atoms with Crippen molar-refractivity contribution >= 4 is 37.4 Å². The van der Waals surface area contributed by atoms with Gasteiger partial charge in [-0.3, -0.25) is 0 Å². The average Bonchev–Trinajstić information content (AvgIpc) is 2.49. The van der Waals surface area contributed by atoms with E-state index in [1.807, 2.05) is 19.1 Å². The molecule has 2 aromatic rings. The molecule has 14 heavy (non-hydrogen) atoms. The van der Waals surface area contributed by atoms with Crippen LogP contribution in [0.2, 0.25) is 0 Å². The monoisotopic (exact) mass is 272 g/mol. The maximum absolute atomic E-state index is 9.53. The Balaban J connectivity index is 2.61. The lowest BCUT2D eigenvalue weighted by Gasteiger charge is -2.05. The number of rotatable bonds is 2. The summed E-state index contributed by atoms with van der Waals surface area (Å²) >= 11 is 4.95. The summed E-state index contributed by atoms with van der Waals surface area (Å²) in [6, 6.07) is 3.82. The van der Waals surface area contributed by atoms with E-state index in [-0.39, 0.29) is 0 Å². The first-order valence-corrected chi connectivity index (χ1v) is 5.92. The van der Waals surface area contributed by atoms with Crippen LogP contribution < -0.4 is 4.74 Å². The lowest BCUT2D eigenvalue weighted by atomic mass is 10.2. The molecule has 2 rings (SSSR count). The Kier molecular flexibility index (Phi) is 2.65. The Morgan fingerprint density at radius 1 is 1.50 bits per heavy atom. The standard InChI is InChI=1S/C10H9BrO2S/c1-2-13-9-3-6-8(12)5-14-10(6)4-7(9)11/h3-5,12H,2H2,1H3. The van der Waals surface area contributed by atoms with Crippen LogP contribution in [0.5, 0.6) is 11.5 Å².